The van der Waals surface area contributed by atoms with Gasteiger partial charge in [-0.3, -0.25) is 0 Å². The summed E-state index contributed by atoms with van der Waals surface area (Å²) in [7, 11) is -0.827. The van der Waals surface area contributed by atoms with Crippen LogP contribution < -0.4 is 9.47 Å². The molecule has 8 heteroatoms. The Hall–Kier alpha value is -3.26. The SMILES string of the molecule is CCOC(=O)/C=C\c1cn(S(=O)(=O)c2ccc(OC)cc2)c2ccc(OC)cc12. The summed E-state index contributed by atoms with van der Waals surface area (Å²) in [6, 6.07) is 11.2. The number of carbonyl (C=O) groups is 1. The third-order valence-electron chi connectivity index (χ3n) is 4.31. The predicted molar refractivity (Wildman–Crippen MR) is 110 cm³/mol. The van der Waals surface area contributed by atoms with E-state index in [9.17, 15) is 13.2 Å². The average molecular weight is 415 g/mol. The maximum atomic E-state index is 13.2. The second kappa shape index (κ2) is 8.40. The Balaban J connectivity index is 2.15. The highest BCUT2D eigenvalue weighted by atomic mass is 32.2. The van der Waals surface area contributed by atoms with Crippen LogP contribution in [0.2, 0.25) is 0 Å². The van der Waals surface area contributed by atoms with E-state index in [-0.39, 0.29) is 11.5 Å². The Kier molecular flexibility index (Phi) is 5.93. The van der Waals surface area contributed by atoms with Crippen molar-refractivity contribution in [2.24, 2.45) is 0 Å². The summed E-state index contributed by atoms with van der Waals surface area (Å²) in [4.78, 5) is 11.8. The summed E-state index contributed by atoms with van der Waals surface area (Å²) >= 11 is 0. The van der Waals surface area contributed by atoms with Gasteiger partial charge in [-0.25, -0.2) is 17.2 Å². The number of benzene rings is 2. The smallest absolute Gasteiger partial charge is 0.330 e. The lowest BCUT2D eigenvalue weighted by molar-refractivity contribution is -0.137. The Morgan fingerprint density at radius 3 is 2.31 bits per heavy atom. The summed E-state index contributed by atoms with van der Waals surface area (Å²) in [5, 5.41) is 0.627. The van der Waals surface area contributed by atoms with Crippen LogP contribution in [0, 0.1) is 0 Å². The Morgan fingerprint density at radius 1 is 1.03 bits per heavy atom. The molecule has 152 valence electrons. The summed E-state index contributed by atoms with van der Waals surface area (Å²) < 4.78 is 42.9. The fraction of sp³-hybridized carbons (Fsp3) is 0.190. The standard InChI is InChI=1S/C21H21NO6S/c1-4-28-21(23)12-5-15-14-22(20-11-8-17(27-3)13-19(15)20)29(24,25)18-9-6-16(26-2)7-10-18/h5-14H,4H2,1-3H3/b12-5-. The van der Waals surface area contributed by atoms with Gasteiger partial charge in [0.15, 0.2) is 0 Å². The molecule has 3 rings (SSSR count). The third kappa shape index (κ3) is 4.12. The number of ether oxygens (including phenoxy) is 3. The molecule has 0 aliphatic heterocycles. The number of carbonyl (C=O) groups excluding carboxylic acids is 1. The number of aromatic nitrogens is 1. The first-order valence-corrected chi connectivity index (χ1v) is 10.3. The van der Waals surface area contributed by atoms with Crippen LogP contribution in [0.15, 0.2) is 59.6 Å². The lowest BCUT2D eigenvalue weighted by Crippen LogP contribution is -2.11. The molecule has 2 aromatic carbocycles. The van der Waals surface area contributed by atoms with Gasteiger partial charge >= 0.3 is 5.97 Å². The van der Waals surface area contributed by atoms with E-state index in [1.165, 1.54) is 48.7 Å². The van der Waals surface area contributed by atoms with Crippen LogP contribution in [0.5, 0.6) is 11.5 Å². The van der Waals surface area contributed by atoms with Crippen molar-refractivity contribution in [3.05, 3.63) is 60.3 Å². The van der Waals surface area contributed by atoms with Crippen LogP contribution in [-0.4, -0.2) is 39.2 Å². The molecule has 0 saturated carbocycles. The highest BCUT2D eigenvalue weighted by molar-refractivity contribution is 7.90. The monoisotopic (exact) mass is 415 g/mol. The van der Waals surface area contributed by atoms with Gasteiger partial charge in [-0.2, -0.15) is 0 Å². The lowest BCUT2D eigenvalue weighted by atomic mass is 10.1. The van der Waals surface area contributed by atoms with Gasteiger partial charge in [0.05, 0.1) is 31.2 Å². The first kappa shape index (κ1) is 20.5. The zero-order valence-corrected chi connectivity index (χ0v) is 17.1. The molecular formula is C21H21NO6S. The normalized spacial score (nSPS) is 11.7. The molecule has 0 amide bonds. The van der Waals surface area contributed by atoms with Crippen molar-refractivity contribution < 1.29 is 27.4 Å². The molecule has 0 radical (unpaired) electrons. The average Bonchev–Trinajstić information content (AvgIpc) is 3.11. The van der Waals surface area contributed by atoms with E-state index in [1.54, 1.807) is 37.3 Å². The first-order valence-electron chi connectivity index (χ1n) is 8.84. The van der Waals surface area contributed by atoms with Crippen molar-refractivity contribution in [2.75, 3.05) is 20.8 Å². The van der Waals surface area contributed by atoms with Crippen molar-refractivity contribution in [3.8, 4) is 11.5 Å². The first-order chi connectivity index (χ1) is 13.9. The number of hydrogen-bond donors (Lipinski definition) is 0. The summed E-state index contributed by atoms with van der Waals surface area (Å²) in [5.74, 6) is 0.626. The van der Waals surface area contributed by atoms with Crippen molar-refractivity contribution in [2.45, 2.75) is 11.8 Å². The second-order valence-corrected chi connectivity index (χ2v) is 7.84. The molecular weight excluding hydrogens is 394 g/mol. The van der Waals surface area contributed by atoms with Crippen molar-refractivity contribution in [1.82, 2.24) is 3.97 Å². The summed E-state index contributed by atoms with van der Waals surface area (Å²) in [6.07, 6.45) is 4.27. The number of fused-ring (bicyclic) bond motifs is 1. The Labute approximate surface area is 169 Å². The van der Waals surface area contributed by atoms with Crippen molar-refractivity contribution in [1.29, 1.82) is 0 Å². The van der Waals surface area contributed by atoms with Crippen LogP contribution in [0.25, 0.3) is 17.0 Å². The van der Waals surface area contributed by atoms with Gasteiger partial charge in [-0.15, -0.1) is 0 Å². The van der Waals surface area contributed by atoms with Crippen LogP contribution >= 0.6 is 0 Å². The quantitative estimate of drug-likeness (QED) is 0.434. The third-order valence-corrected chi connectivity index (χ3v) is 6.00. The summed E-state index contributed by atoms with van der Waals surface area (Å²) in [5.41, 5.74) is 1.01. The molecule has 0 unspecified atom stereocenters. The molecule has 0 aliphatic rings. The number of rotatable bonds is 7. The van der Waals surface area contributed by atoms with Gasteiger partial charge in [0, 0.05) is 23.2 Å². The minimum Gasteiger partial charge on any atom is -0.497 e. The minimum absolute atomic E-state index is 0.118. The van der Waals surface area contributed by atoms with Crippen molar-refractivity contribution >= 4 is 33.0 Å². The lowest BCUT2D eigenvalue weighted by Gasteiger charge is -2.08. The molecule has 0 aliphatic carbocycles. The molecule has 0 saturated heterocycles. The maximum absolute atomic E-state index is 13.2. The van der Waals surface area contributed by atoms with Crippen LogP contribution in [0.1, 0.15) is 12.5 Å². The second-order valence-electron chi connectivity index (χ2n) is 6.03. The molecule has 0 bridgehead atoms. The molecule has 0 fully saturated rings. The van der Waals surface area contributed by atoms with Crippen LogP contribution in [0.4, 0.5) is 0 Å². The van der Waals surface area contributed by atoms with Gasteiger partial charge in [0.1, 0.15) is 11.5 Å². The molecule has 1 aromatic heterocycles. The van der Waals surface area contributed by atoms with Crippen LogP contribution in [0.3, 0.4) is 0 Å². The summed E-state index contributed by atoms with van der Waals surface area (Å²) in [6.45, 7) is 1.97. The molecule has 1 heterocycles. The van der Waals surface area contributed by atoms with Gasteiger partial charge in [0.25, 0.3) is 10.0 Å². The molecule has 3 aromatic rings. The van der Waals surface area contributed by atoms with E-state index in [4.69, 9.17) is 14.2 Å². The topological polar surface area (TPSA) is 83.8 Å². The number of methoxy groups -OCH3 is 2. The molecule has 0 spiro atoms. The molecule has 7 nitrogen and oxygen atoms in total. The predicted octanol–water partition coefficient (Wildman–Crippen LogP) is 3.47. The molecule has 29 heavy (non-hydrogen) atoms. The van der Waals surface area contributed by atoms with Gasteiger partial charge in [-0.05, 0) is 55.5 Å². The van der Waals surface area contributed by atoms with E-state index in [0.29, 0.717) is 28.0 Å². The zero-order chi connectivity index (χ0) is 21.0. The molecule has 0 atom stereocenters. The van der Waals surface area contributed by atoms with E-state index in [0.717, 1.165) is 0 Å². The number of nitrogens with zero attached hydrogens (tertiary/aromatic N) is 1. The van der Waals surface area contributed by atoms with Gasteiger partial charge in [0.2, 0.25) is 0 Å². The minimum atomic E-state index is -3.87. The van der Waals surface area contributed by atoms with Gasteiger partial charge < -0.3 is 14.2 Å². The highest BCUT2D eigenvalue weighted by Gasteiger charge is 2.21. The van der Waals surface area contributed by atoms with E-state index in [2.05, 4.69) is 0 Å². The Bertz CT molecular complexity index is 1160. The Morgan fingerprint density at radius 2 is 1.69 bits per heavy atom. The number of esters is 1. The zero-order valence-electron chi connectivity index (χ0n) is 16.3. The van der Waals surface area contributed by atoms with Gasteiger partial charge in [-0.1, -0.05) is 0 Å². The highest BCUT2D eigenvalue weighted by Crippen LogP contribution is 2.30. The molecule has 0 N–H and O–H groups in total. The maximum Gasteiger partial charge on any atom is 0.330 e. The van der Waals surface area contributed by atoms with E-state index in [1.807, 2.05) is 0 Å². The van der Waals surface area contributed by atoms with Crippen molar-refractivity contribution in [3.63, 3.8) is 0 Å². The fourth-order valence-electron chi connectivity index (χ4n) is 2.87. The van der Waals surface area contributed by atoms with E-state index < -0.39 is 16.0 Å². The van der Waals surface area contributed by atoms with Crippen LogP contribution in [-0.2, 0) is 19.6 Å². The number of hydrogen-bond acceptors (Lipinski definition) is 6. The van der Waals surface area contributed by atoms with E-state index >= 15 is 0 Å². The fourth-order valence-corrected chi connectivity index (χ4v) is 4.25. The largest absolute Gasteiger partial charge is 0.497 e.